The highest BCUT2D eigenvalue weighted by Crippen LogP contribution is 2.21. The van der Waals surface area contributed by atoms with Gasteiger partial charge in [0, 0.05) is 12.7 Å². The quantitative estimate of drug-likeness (QED) is 0.776. The SMILES string of the molecule is CCOc1cccnc1NCC(C)(C)O. The fourth-order valence-electron chi connectivity index (χ4n) is 1.10. The van der Waals surface area contributed by atoms with E-state index in [9.17, 15) is 5.11 Å². The molecule has 0 aliphatic heterocycles. The second-order valence-corrected chi connectivity index (χ2v) is 3.95. The van der Waals surface area contributed by atoms with Crippen molar-refractivity contribution in [3.05, 3.63) is 18.3 Å². The fourth-order valence-corrected chi connectivity index (χ4v) is 1.10. The van der Waals surface area contributed by atoms with Gasteiger partial charge in [-0.2, -0.15) is 0 Å². The Morgan fingerprint density at radius 1 is 1.53 bits per heavy atom. The molecule has 0 aromatic carbocycles. The van der Waals surface area contributed by atoms with Gasteiger partial charge in [0.05, 0.1) is 12.2 Å². The van der Waals surface area contributed by atoms with Gasteiger partial charge in [0.25, 0.3) is 0 Å². The first-order valence-corrected chi connectivity index (χ1v) is 5.07. The Bertz CT molecular complexity index is 308. The van der Waals surface area contributed by atoms with Crippen molar-refractivity contribution in [3.63, 3.8) is 0 Å². The van der Waals surface area contributed by atoms with Gasteiger partial charge in [0.1, 0.15) is 0 Å². The molecule has 0 saturated heterocycles. The monoisotopic (exact) mass is 210 g/mol. The molecular formula is C11H18N2O2. The Balaban J connectivity index is 2.67. The van der Waals surface area contributed by atoms with Crippen LogP contribution in [-0.4, -0.2) is 28.8 Å². The van der Waals surface area contributed by atoms with Crippen molar-refractivity contribution in [1.29, 1.82) is 0 Å². The Kier molecular flexibility index (Phi) is 3.91. The van der Waals surface area contributed by atoms with Crippen molar-refractivity contribution < 1.29 is 9.84 Å². The summed E-state index contributed by atoms with van der Waals surface area (Å²) in [6.07, 6.45) is 1.69. The lowest BCUT2D eigenvalue weighted by Crippen LogP contribution is -2.29. The lowest BCUT2D eigenvalue weighted by Gasteiger charge is -2.19. The van der Waals surface area contributed by atoms with E-state index in [0.29, 0.717) is 24.7 Å². The van der Waals surface area contributed by atoms with Crippen LogP contribution >= 0.6 is 0 Å². The number of nitrogens with zero attached hydrogens (tertiary/aromatic N) is 1. The van der Waals surface area contributed by atoms with E-state index in [1.54, 1.807) is 20.0 Å². The fraction of sp³-hybridized carbons (Fsp3) is 0.545. The predicted octanol–water partition coefficient (Wildman–Crippen LogP) is 1.66. The maximum atomic E-state index is 9.57. The molecule has 0 amide bonds. The van der Waals surface area contributed by atoms with Gasteiger partial charge in [-0.3, -0.25) is 0 Å². The van der Waals surface area contributed by atoms with E-state index >= 15 is 0 Å². The molecule has 4 nitrogen and oxygen atoms in total. The first-order valence-electron chi connectivity index (χ1n) is 5.07. The number of aromatic nitrogens is 1. The van der Waals surface area contributed by atoms with Gasteiger partial charge in [-0.1, -0.05) is 0 Å². The maximum Gasteiger partial charge on any atom is 0.168 e. The second-order valence-electron chi connectivity index (χ2n) is 3.95. The molecule has 0 aliphatic carbocycles. The van der Waals surface area contributed by atoms with Gasteiger partial charge in [-0.15, -0.1) is 0 Å². The van der Waals surface area contributed by atoms with E-state index in [-0.39, 0.29) is 0 Å². The lowest BCUT2D eigenvalue weighted by molar-refractivity contribution is 0.0943. The van der Waals surface area contributed by atoms with Crippen LogP contribution in [0.25, 0.3) is 0 Å². The zero-order valence-electron chi connectivity index (χ0n) is 9.45. The van der Waals surface area contributed by atoms with Crippen molar-refractivity contribution in [2.45, 2.75) is 26.4 Å². The zero-order chi connectivity index (χ0) is 11.3. The Morgan fingerprint density at radius 3 is 2.87 bits per heavy atom. The number of rotatable bonds is 5. The van der Waals surface area contributed by atoms with Crippen LogP contribution in [0.1, 0.15) is 20.8 Å². The molecule has 0 bridgehead atoms. The summed E-state index contributed by atoms with van der Waals surface area (Å²) in [4.78, 5) is 4.15. The van der Waals surface area contributed by atoms with Crippen molar-refractivity contribution >= 4 is 5.82 Å². The van der Waals surface area contributed by atoms with E-state index in [1.165, 1.54) is 0 Å². The number of hydrogen-bond acceptors (Lipinski definition) is 4. The molecule has 0 saturated carbocycles. The van der Waals surface area contributed by atoms with E-state index in [4.69, 9.17) is 4.74 Å². The summed E-state index contributed by atoms with van der Waals surface area (Å²) >= 11 is 0. The number of anilines is 1. The van der Waals surface area contributed by atoms with Crippen LogP contribution in [0.15, 0.2) is 18.3 Å². The third-order valence-electron chi connectivity index (χ3n) is 1.76. The van der Waals surface area contributed by atoms with Gasteiger partial charge in [0.15, 0.2) is 11.6 Å². The molecule has 1 heterocycles. The molecule has 0 spiro atoms. The van der Waals surface area contributed by atoms with Crippen LogP contribution in [0.4, 0.5) is 5.82 Å². The van der Waals surface area contributed by atoms with Crippen LogP contribution < -0.4 is 10.1 Å². The normalized spacial score (nSPS) is 11.2. The minimum absolute atomic E-state index is 0.435. The predicted molar refractivity (Wildman–Crippen MR) is 60.2 cm³/mol. The largest absolute Gasteiger partial charge is 0.490 e. The highest BCUT2D eigenvalue weighted by molar-refractivity contribution is 5.49. The van der Waals surface area contributed by atoms with Crippen LogP contribution in [0.2, 0.25) is 0 Å². The smallest absolute Gasteiger partial charge is 0.168 e. The molecule has 1 aromatic rings. The third-order valence-corrected chi connectivity index (χ3v) is 1.76. The van der Waals surface area contributed by atoms with Crippen LogP contribution in [0, 0.1) is 0 Å². The summed E-state index contributed by atoms with van der Waals surface area (Å²) in [5, 5.41) is 12.6. The van der Waals surface area contributed by atoms with Crippen molar-refractivity contribution in [3.8, 4) is 5.75 Å². The number of nitrogens with one attached hydrogen (secondary N) is 1. The zero-order valence-corrected chi connectivity index (χ0v) is 9.45. The molecule has 2 N–H and O–H groups in total. The molecule has 4 heteroatoms. The number of aliphatic hydroxyl groups is 1. The van der Waals surface area contributed by atoms with Crippen LogP contribution in [0.5, 0.6) is 5.75 Å². The Morgan fingerprint density at radius 2 is 2.27 bits per heavy atom. The summed E-state index contributed by atoms with van der Waals surface area (Å²) in [5.74, 6) is 1.38. The number of hydrogen-bond donors (Lipinski definition) is 2. The van der Waals surface area contributed by atoms with E-state index in [0.717, 1.165) is 0 Å². The summed E-state index contributed by atoms with van der Waals surface area (Å²) in [6, 6.07) is 3.67. The first-order chi connectivity index (χ1) is 7.03. The van der Waals surface area contributed by atoms with Crippen LogP contribution in [0.3, 0.4) is 0 Å². The maximum absolute atomic E-state index is 9.57. The third kappa shape index (κ3) is 4.16. The number of ether oxygens (including phenoxy) is 1. The Hall–Kier alpha value is -1.29. The van der Waals surface area contributed by atoms with Gasteiger partial charge >= 0.3 is 0 Å². The summed E-state index contributed by atoms with van der Waals surface area (Å²) in [6.45, 7) is 6.44. The molecule has 0 aliphatic rings. The molecule has 1 aromatic heterocycles. The topological polar surface area (TPSA) is 54.4 Å². The van der Waals surface area contributed by atoms with Gasteiger partial charge < -0.3 is 15.2 Å². The van der Waals surface area contributed by atoms with Gasteiger partial charge in [0.2, 0.25) is 0 Å². The molecular weight excluding hydrogens is 192 g/mol. The standard InChI is InChI=1S/C11H18N2O2/c1-4-15-9-6-5-7-12-10(9)13-8-11(2,3)14/h5-7,14H,4,8H2,1-3H3,(H,12,13). The van der Waals surface area contributed by atoms with E-state index in [1.807, 2.05) is 19.1 Å². The summed E-state index contributed by atoms with van der Waals surface area (Å²) in [7, 11) is 0. The van der Waals surface area contributed by atoms with Crippen molar-refractivity contribution in [2.24, 2.45) is 0 Å². The van der Waals surface area contributed by atoms with Crippen LogP contribution in [-0.2, 0) is 0 Å². The molecule has 0 fully saturated rings. The van der Waals surface area contributed by atoms with Gasteiger partial charge in [-0.05, 0) is 32.9 Å². The highest BCUT2D eigenvalue weighted by Gasteiger charge is 2.13. The summed E-state index contributed by atoms with van der Waals surface area (Å²) in [5.41, 5.74) is -0.763. The highest BCUT2D eigenvalue weighted by atomic mass is 16.5. The second kappa shape index (κ2) is 4.98. The Labute approximate surface area is 90.3 Å². The average molecular weight is 210 g/mol. The first kappa shape index (κ1) is 11.8. The summed E-state index contributed by atoms with van der Waals surface area (Å²) < 4.78 is 5.40. The minimum Gasteiger partial charge on any atom is -0.490 e. The van der Waals surface area contributed by atoms with E-state index in [2.05, 4.69) is 10.3 Å². The molecule has 0 radical (unpaired) electrons. The van der Waals surface area contributed by atoms with Crippen molar-refractivity contribution in [1.82, 2.24) is 4.98 Å². The molecule has 0 atom stereocenters. The minimum atomic E-state index is -0.763. The molecule has 1 rings (SSSR count). The average Bonchev–Trinajstić information content (AvgIpc) is 2.16. The van der Waals surface area contributed by atoms with E-state index < -0.39 is 5.60 Å². The molecule has 15 heavy (non-hydrogen) atoms. The number of pyridine rings is 1. The molecule has 84 valence electrons. The van der Waals surface area contributed by atoms with Gasteiger partial charge in [-0.25, -0.2) is 4.98 Å². The van der Waals surface area contributed by atoms with Crippen molar-refractivity contribution in [2.75, 3.05) is 18.5 Å². The molecule has 0 unspecified atom stereocenters. The lowest BCUT2D eigenvalue weighted by atomic mass is 10.1.